The number of fused-ring (bicyclic) bond motifs is 1. The summed E-state index contributed by atoms with van der Waals surface area (Å²) in [6, 6.07) is 8.53. The van der Waals surface area contributed by atoms with Gasteiger partial charge in [-0.05, 0) is 36.8 Å². The van der Waals surface area contributed by atoms with Gasteiger partial charge in [0.15, 0.2) is 0 Å². The number of hydrogen-bond acceptors (Lipinski definition) is 1. The first-order chi connectivity index (χ1) is 10.6. The minimum absolute atomic E-state index is 0.117. The Kier molecular flexibility index (Phi) is 4.51. The van der Waals surface area contributed by atoms with E-state index < -0.39 is 0 Å². The minimum Gasteiger partial charge on any atom is -0.369 e. The molecule has 118 valence electrons. The third kappa shape index (κ3) is 3.18. The van der Waals surface area contributed by atoms with E-state index in [9.17, 15) is 4.79 Å². The van der Waals surface area contributed by atoms with Gasteiger partial charge in [0.1, 0.15) is 0 Å². The Morgan fingerprint density at radius 3 is 2.73 bits per heavy atom. The van der Waals surface area contributed by atoms with Gasteiger partial charge >= 0.3 is 0 Å². The number of carbonyl (C=O) groups excluding carboxylic acids is 1. The zero-order chi connectivity index (χ0) is 15.5. The molecule has 1 aliphatic carbocycles. The van der Waals surface area contributed by atoms with E-state index in [2.05, 4.69) is 35.0 Å². The van der Waals surface area contributed by atoms with Crippen molar-refractivity contribution in [2.45, 2.75) is 52.0 Å². The molecule has 1 atom stereocenters. The predicted molar refractivity (Wildman–Crippen MR) is 90.6 cm³/mol. The minimum atomic E-state index is -0.218. The molecule has 22 heavy (non-hydrogen) atoms. The summed E-state index contributed by atoms with van der Waals surface area (Å²) >= 11 is 0. The highest BCUT2D eigenvalue weighted by molar-refractivity contribution is 5.85. The maximum Gasteiger partial charge on any atom is 0.220 e. The third-order valence-corrected chi connectivity index (χ3v) is 5.06. The van der Waals surface area contributed by atoms with Crippen LogP contribution in [0, 0.1) is 11.8 Å². The Morgan fingerprint density at radius 2 is 2.00 bits per heavy atom. The van der Waals surface area contributed by atoms with Gasteiger partial charge in [0.2, 0.25) is 5.91 Å². The molecular formula is C19H26N2O. The number of hydrogen-bond donors (Lipinski definition) is 1. The van der Waals surface area contributed by atoms with Gasteiger partial charge in [0.05, 0.1) is 0 Å². The summed E-state index contributed by atoms with van der Waals surface area (Å²) in [5.74, 6) is 0.462. The molecule has 1 aromatic carbocycles. The molecule has 3 nitrogen and oxygen atoms in total. The molecule has 3 heteroatoms. The first kappa shape index (κ1) is 15.1. The van der Waals surface area contributed by atoms with Crippen LogP contribution in [-0.4, -0.2) is 10.5 Å². The van der Waals surface area contributed by atoms with Crippen LogP contribution in [0.4, 0.5) is 0 Å². The first-order valence-corrected chi connectivity index (χ1v) is 8.51. The molecule has 1 aromatic heterocycles. The zero-order valence-corrected chi connectivity index (χ0v) is 13.4. The summed E-state index contributed by atoms with van der Waals surface area (Å²) in [5, 5.41) is 1.27. The largest absolute Gasteiger partial charge is 0.369 e. The summed E-state index contributed by atoms with van der Waals surface area (Å²) in [4.78, 5) is 11.4. The second-order valence-corrected chi connectivity index (χ2v) is 6.84. The van der Waals surface area contributed by atoms with Gasteiger partial charge in [-0.2, -0.15) is 0 Å². The van der Waals surface area contributed by atoms with Gasteiger partial charge in [-0.3, -0.25) is 4.79 Å². The van der Waals surface area contributed by atoms with Gasteiger partial charge < -0.3 is 10.3 Å². The number of nitrogens with two attached hydrogens (primary N) is 1. The molecule has 0 radical (unpaired) electrons. The van der Waals surface area contributed by atoms with Gasteiger partial charge in [-0.1, -0.05) is 44.4 Å². The van der Waals surface area contributed by atoms with Crippen LogP contribution in [0.25, 0.3) is 10.9 Å². The lowest BCUT2D eigenvalue weighted by Crippen LogP contribution is -2.22. The SMILES string of the molecule is CC(Cc1cn(CC2CCCCC2)c2ccccc12)C(N)=O. The fraction of sp³-hybridized carbons (Fsp3) is 0.526. The molecule has 2 aromatic rings. The number of primary amides is 1. The molecule has 0 saturated heterocycles. The highest BCUT2D eigenvalue weighted by Crippen LogP contribution is 2.29. The van der Waals surface area contributed by atoms with E-state index in [0.717, 1.165) is 18.9 Å². The van der Waals surface area contributed by atoms with Crippen molar-refractivity contribution in [1.29, 1.82) is 0 Å². The van der Waals surface area contributed by atoms with Crippen LogP contribution >= 0.6 is 0 Å². The lowest BCUT2D eigenvalue weighted by molar-refractivity contribution is -0.121. The van der Waals surface area contributed by atoms with E-state index in [1.54, 1.807) is 0 Å². The van der Waals surface area contributed by atoms with Crippen molar-refractivity contribution in [3.8, 4) is 0 Å². The van der Waals surface area contributed by atoms with Gasteiger partial charge in [0.25, 0.3) is 0 Å². The number of carbonyl (C=O) groups is 1. The Morgan fingerprint density at radius 1 is 1.27 bits per heavy atom. The summed E-state index contributed by atoms with van der Waals surface area (Å²) in [5.41, 5.74) is 7.98. The second-order valence-electron chi connectivity index (χ2n) is 6.84. The van der Waals surface area contributed by atoms with E-state index in [1.165, 1.54) is 48.6 Å². The number of benzene rings is 1. The maximum absolute atomic E-state index is 11.4. The van der Waals surface area contributed by atoms with Crippen molar-refractivity contribution in [2.24, 2.45) is 17.6 Å². The second kappa shape index (κ2) is 6.55. The fourth-order valence-corrected chi connectivity index (χ4v) is 3.71. The molecule has 1 amide bonds. The van der Waals surface area contributed by atoms with Crippen molar-refractivity contribution in [3.05, 3.63) is 36.0 Å². The molecule has 1 heterocycles. The Balaban J connectivity index is 1.88. The average Bonchev–Trinajstić information content (AvgIpc) is 2.86. The Bertz CT molecular complexity index is 652. The lowest BCUT2D eigenvalue weighted by atomic mass is 9.89. The van der Waals surface area contributed by atoms with Crippen molar-refractivity contribution in [1.82, 2.24) is 4.57 Å². The van der Waals surface area contributed by atoms with Crippen molar-refractivity contribution >= 4 is 16.8 Å². The molecule has 1 saturated carbocycles. The normalized spacial score (nSPS) is 17.7. The van der Waals surface area contributed by atoms with E-state index in [-0.39, 0.29) is 11.8 Å². The monoisotopic (exact) mass is 298 g/mol. The lowest BCUT2D eigenvalue weighted by Gasteiger charge is -2.22. The summed E-state index contributed by atoms with van der Waals surface area (Å²) in [7, 11) is 0. The van der Waals surface area contributed by atoms with Crippen LogP contribution in [0.2, 0.25) is 0 Å². The zero-order valence-electron chi connectivity index (χ0n) is 13.4. The van der Waals surface area contributed by atoms with E-state index >= 15 is 0 Å². The predicted octanol–water partition coefficient (Wildman–Crippen LogP) is 3.89. The van der Waals surface area contributed by atoms with Gasteiger partial charge in [0, 0.05) is 29.6 Å². The molecular weight excluding hydrogens is 272 g/mol. The highest BCUT2D eigenvalue weighted by Gasteiger charge is 2.18. The topological polar surface area (TPSA) is 48.0 Å². The third-order valence-electron chi connectivity index (χ3n) is 5.06. The Hall–Kier alpha value is -1.77. The molecule has 0 spiro atoms. The van der Waals surface area contributed by atoms with E-state index in [0.29, 0.717) is 0 Å². The Labute approximate surface area is 132 Å². The smallest absolute Gasteiger partial charge is 0.220 e. The molecule has 2 N–H and O–H groups in total. The highest BCUT2D eigenvalue weighted by atomic mass is 16.1. The van der Waals surface area contributed by atoms with Crippen LogP contribution in [-0.2, 0) is 17.8 Å². The molecule has 1 unspecified atom stereocenters. The van der Waals surface area contributed by atoms with Crippen molar-refractivity contribution < 1.29 is 4.79 Å². The quantitative estimate of drug-likeness (QED) is 0.894. The number of nitrogens with zero attached hydrogens (tertiary/aromatic N) is 1. The van der Waals surface area contributed by atoms with Gasteiger partial charge in [-0.15, -0.1) is 0 Å². The van der Waals surface area contributed by atoms with Crippen molar-refractivity contribution in [3.63, 3.8) is 0 Å². The number of rotatable bonds is 5. The summed E-state index contributed by atoms with van der Waals surface area (Å²) in [6.07, 6.45) is 9.81. The number of aromatic nitrogens is 1. The fourth-order valence-electron chi connectivity index (χ4n) is 3.71. The van der Waals surface area contributed by atoms with Crippen LogP contribution in [0.15, 0.2) is 30.5 Å². The standard InChI is InChI=1S/C19H26N2O/c1-14(19(20)22)11-16-13-21(12-15-7-3-2-4-8-15)18-10-6-5-9-17(16)18/h5-6,9-10,13-15H,2-4,7-8,11-12H2,1H3,(H2,20,22). The molecule has 3 rings (SSSR count). The average molecular weight is 298 g/mol. The number of amides is 1. The van der Waals surface area contributed by atoms with Crippen LogP contribution < -0.4 is 5.73 Å². The molecule has 0 bridgehead atoms. The van der Waals surface area contributed by atoms with E-state index in [4.69, 9.17) is 5.73 Å². The van der Waals surface area contributed by atoms with Crippen LogP contribution in [0.1, 0.15) is 44.6 Å². The van der Waals surface area contributed by atoms with Crippen LogP contribution in [0.3, 0.4) is 0 Å². The summed E-state index contributed by atoms with van der Waals surface area (Å²) in [6.45, 7) is 3.01. The molecule has 1 aliphatic rings. The van der Waals surface area contributed by atoms with E-state index in [1.807, 2.05) is 6.92 Å². The summed E-state index contributed by atoms with van der Waals surface area (Å²) < 4.78 is 2.40. The van der Waals surface area contributed by atoms with Crippen molar-refractivity contribution in [2.75, 3.05) is 0 Å². The van der Waals surface area contributed by atoms with Gasteiger partial charge in [-0.25, -0.2) is 0 Å². The maximum atomic E-state index is 11.4. The molecule has 0 aliphatic heterocycles. The molecule has 1 fully saturated rings. The van der Waals surface area contributed by atoms with Crippen LogP contribution in [0.5, 0.6) is 0 Å². The number of para-hydroxylation sites is 1. The first-order valence-electron chi connectivity index (χ1n) is 8.51.